The molecule has 84 valence electrons. The van der Waals surface area contributed by atoms with Crippen LogP contribution in [0, 0.1) is 0 Å². The summed E-state index contributed by atoms with van der Waals surface area (Å²) in [5, 5.41) is 3.30. The van der Waals surface area contributed by atoms with Crippen molar-refractivity contribution < 1.29 is 9.53 Å². The first-order chi connectivity index (χ1) is 7.86. The van der Waals surface area contributed by atoms with Crippen LogP contribution < -0.4 is 5.32 Å². The van der Waals surface area contributed by atoms with Gasteiger partial charge in [-0.1, -0.05) is 30.3 Å². The van der Waals surface area contributed by atoms with Crippen molar-refractivity contribution in [1.29, 1.82) is 0 Å². The summed E-state index contributed by atoms with van der Waals surface area (Å²) in [4.78, 5) is 13.5. The zero-order chi connectivity index (χ0) is 11.0. The molecule has 0 aromatic heterocycles. The second-order valence-electron chi connectivity index (χ2n) is 4.18. The van der Waals surface area contributed by atoms with Gasteiger partial charge in [0, 0.05) is 19.6 Å². The lowest BCUT2D eigenvalue weighted by atomic mass is 10.0. The van der Waals surface area contributed by atoms with Gasteiger partial charge in [-0.05, 0) is 5.56 Å². The number of ether oxygens (including phenoxy) is 1. The number of amides is 1. The Morgan fingerprint density at radius 2 is 2.12 bits per heavy atom. The monoisotopic (exact) mass is 218 g/mol. The third kappa shape index (κ3) is 1.46. The van der Waals surface area contributed by atoms with Crippen LogP contribution in [0.3, 0.4) is 0 Å². The number of benzene rings is 1. The number of fused-ring (bicyclic) bond motifs is 1. The second kappa shape index (κ2) is 3.79. The Bertz CT molecular complexity index is 393. The average molecular weight is 218 g/mol. The van der Waals surface area contributed by atoms with Gasteiger partial charge in [-0.25, -0.2) is 4.79 Å². The molecule has 0 aliphatic carbocycles. The molecule has 1 amide bonds. The lowest BCUT2D eigenvalue weighted by Gasteiger charge is -2.29. The molecule has 2 fully saturated rings. The molecule has 2 saturated heterocycles. The highest BCUT2D eigenvalue weighted by atomic mass is 16.6. The van der Waals surface area contributed by atoms with Crippen LogP contribution in [-0.2, 0) is 4.74 Å². The number of hydrogen-bond donors (Lipinski definition) is 1. The van der Waals surface area contributed by atoms with Gasteiger partial charge in [0.25, 0.3) is 0 Å². The van der Waals surface area contributed by atoms with Gasteiger partial charge >= 0.3 is 6.09 Å². The van der Waals surface area contributed by atoms with Crippen molar-refractivity contribution >= 4 is 6.09 Å². The molecule has 1 aromatic rings. The van der Waals surface area contributed by atoms with Crippen molar-refractivity contribution in [3.8, 4) is 0 Å². The van der Waals surface area contributed by atoms with Gasteiger partial charge in [-0.2, -0.15) is 0 Å². The Balaban J connectivity index is 1.89. The summed E-state index contributed by atoms with van der Waals surface area (Å²) in [5.41, 5.74) is 1.08. The third-order valence-corrected chi connectivity index (χ3v) is 3.22. The Morgan fingerprint density at radius 1 is 1.31 bits per heavy atom. The van der Waals surface area contributed by atoms with Crippen LogP contribution >= 0.6 is 0 Å². The van der Waals surface area contributed by atoms with Crippen LogP contribution in [-0.4, -0.2) is 36.7 Å². The van der Waals surface area contributed by atoms with Crippen LogP contribution in [0.4, 0.5) is 4.79 Å². The number of nitrogens with one attached hydrogen (secondary N) is 1. The summed E-state index contributed by atoms with van der Waals surface area (Å²) in [6.07, 6.45) is -0.304. The fourth-order valence-electron chi connectivity index (χ4n) is 2.41. The zero-order valence-electron chi connectivity index (χ0n) is 8.93. The molecule has 0 saturated carbocycles. The molecule has 4 nitrogen and oxygen atoms in total. The lowest BCUT2D eigenvalue weighted by Crippen LogP contribution is -2.50. The van der Waals surface area contributed by atoms with Crippen molar-refractivity contribution in [2.45, 2.75) is 12.1 Å². The van der Waals surface area contributed by atoms with E-state index in [1.807, 2.05) is 35.2 Å². The van der Waals surface area contributed by atoms with E-state index in [2.05, 4.69) is 5.32 Å². The SMILES string of the molecule is O=C1OC(c2ccccc2)C2CNCCN12. The first kappa shape index (κ1) is 9.66. The van der Waals surface area contributed by atoms with Gasteiger partial charge in [0.1, 0.15) is 0 Å². The van der Waals surface area contributed by atoms with E-state index < -0.39 is 0 Å². The van der Waals surface area contributed by atoms with Gasteiger partial charge in [-0.3, -0.25) is 4.90 Å². The third-order valence-electron chi connectivity index (χ3n) is 3.22. The number of cyclic esters (lactones) is 1. The van der Waals surface area contributed by atoms with Gasteiger partial charge in [0.2, 0.25) is 0 Å². The number of carbonyl (C=O) groups excluding carboxylic acids is 1. The van der Waals surface area contributed by atoms with Gasteiger partial charge in [-0.15, -0.1) is 0 Å². The molecule has 2 aliphatic heterocycles. The Hall–Kier alpha value is -1.55. The van der Waals surface area contributed by atoms with Crippen LogP contribution in [0.1, 0.15) is 11.7 Å². The maximum atomic E-state index is 11.7. The molecular weight excluding hydrogens is 204 g/mol. The molecule has 2 unspecified atom stereocenters. The summed E-state index contributed by atoms with van der Waals surface area (Å²) in [5.74, 6) is 0. The van der Waals surface area contributed by atoms with Crippen molar-refractivity contribution in [3.05, 3.63) is 35.9 Å². The Morgan fingerprint density at radius 3 is 2.94 bits per heavy atom. The number of carbonyl (C=O) groups is 1. The van der Waals surface area contributed by atoms with Crippen LogP contribution in [0.5, 0.6) is 0 Å². The van der Waals surface area contributed by atoms with Gasteiger partial charge < -0.3 is 10.1 Å². The highest BCUT2D eigenvalue weighted by molar-refractivity contribution is 5.71. The van der Waals surface area contributed by atoms with Crippen molar-refractivity contribution in [1.82, 2.24) is 10.2 Å². The fraction of sp³-hybridized carbons (Fsp3) is 0.417. The molecule has 2 atom stereocenters. The highest BCUT2D eigenvalue weighted by Gasteiger charge is 2.43. The minimum atomic E-state index is -0.180. The van der Waals surface area contributed by atoms with Crippen LogP contribution in [0.25, 0.3) is 0 Å². The van der Waals surface area contributed by atoms with Gasteiger partial charge in [0.05, 0.1) is 6.04 Å². The summed E-state index contributed by atoms with van der Waals surface area (Å²) in [6, 6.07) is 10.1. The van der Waals surface area contributed by atoms with Crippen molar-refractivity contribution in [2.75, 3.05) is 19.6 Å². The minimum absolute atomic E-state index is 0.124. The first-order valence-electron chi connectivity index (χ1n) is 5.59. The average Bonchev–Trinajstić information content (AvgIpc) is 2.69. The Labute approximate surface area is 94.2 Å². The van der Waals surface area contributed by atoms with E-state index in [0.29, 0.717) is 0 Å². The minimum Gasteiger partial charge on any atom is -0.439 e. The number of nitrogens with zero attached hydrogens (tertiary/aromatic N) is 1. The van der Waals surface area contributed by atoms with Crippen molar-refractivity contribution in [3.63, 3.8) is 0 Å². The number of hydrogen-bond acceptors (Lipinski definition) is 3. The molecule has 0 radical (unpaired) electrons. The lowest BCUT2D eigenvalue weighted by molar-refractivity contribution is 0.131. The van der Waals surface area contributed by atoms with E-state index >= 15 is 0 Å². The van der Waals surface area contributed by atoms with E-state index in [1.54, 1.807) is 0 Å². The predicted molar refractivity (Wildman–Crippen MR) is 59.0 cm³/mol. The molecule has 2 heterocycles. The van der Waals surface area contributed by atoms with Crippen molar-refractivity contribution in [2.24, 2.45) is 0 Å². The molecule has 3 rings (SSSR count). The molecule has 1 N–H and O–H groups in total. The zero-order valence-corrected chi connectivity index (χ0v) is 8.93. The van der Waals surface area contributed by atoms with E-state index in [-0.39, 0.29) is 18.2 Å². The molecule has 0 spiro atoms. The first-order valence-corrected chi connectivity index (χ1v) is 5.59. The molecule has 1 aromatic carbocycles. The maximum absolute atomic E-state index is 11.7. The summed E-state index contributed by atoms with van der Waals surface area (Å²) < 4.78 is 5.44. The molecule has 2 aliphatic rings. The van der Waals surface area contributed by atoms with Crippen LogP contribution in [0.15, 0.2) is 30.3 Å². The maximum Gasteiger partial charge on any atom is 0.410 e. The molecule has 4 heteroatoms. The predicted octanol–water partition coefficient (Wildman–Crippen LogP) is 1.15. The van der Waals surface area contributed by atoms with E-state index in [1.165, 1.54) is 0 Å². The second-order valence-corrected chi connectivity index (χ2v) is 4.18. The summed E-state index contributed by atoms with van der Waals surface area (Å²) >= 11 is 0. The van der Waals surface area contributed by atoms with Gasteiger partial charge in [0.15, 0.2) is 6.10 Å². The van der Waals surface area contributed by atoms with Crippen LogP contribution in [0.2, 0.25) is 0 Å². The number of rotatable bonds is 1. The number of piperazine rings is 1. The largest absolute Gasteiger partial charge is 0.439 e. The Kier molecular flexibility index (Phi) is 2.29. The molecule has 0 bridgehead atoms. The standard InChI is InChI=1S/C12H14N2O2/c15-12-14-7-6-13-8-10(14)11(16-12)9-4-2-1-3-5-9/h1-5,10-11,13H,6-8H2. The quantitative estimate of drug-likeness (QED) is 0.769. The van der Waals surface area contributed by atoms with E-state index in [9.17, 15) is 4.79 Å². The van der Waals surface area contributed by atoms with E-state index in [4.69, 9.17) is 4.74 Å². The fourth-order valence-corrected chi connectivity index (χ4v) is 2.41. The topological polar surface area (TPSA) is 41.6 Å². The van der Waals surface area contributed by atoms with E-state index in [0.717, 1.165) is 25.2 Å². The molecular formula is C12H14N2O2. The smallest absolute Gasteiger partial charge is 0.410 e. The molecule has 16 heavy (non-hydrogen) atoms. The summed E-state index contributed by atoms with van der Waals surface area (Å²) in [7, 11) is 0. The normalized spacial score (nSPS) is 28.8. The highest BCUT2D eigenvalue weighted by Crippen LogP contribution is 2.32. The summed E-state index contributed by atoms with van der Waals surface area (Å²) in [6.45, 7) is 2.41.